The monoisotopic (exact) mass is 287 g/mol. The summed E-state index contributed by atoms with van der Waals surface area (Å²) in [7, 11) is 0. The average molecular weight is 287 g/mol. The number of hydrogen-bond acceptors (Lipinski definition) is 2. The van der Waals surface area contributed by atoms with E-state index in [2.05, 4.69) is 0 Å². The second-order valence-electron chi connectivity index (χ2n) is 3.87. The van der Waals surface area contributed by atoms with Gasteiger partial charge in [-0.25, -0.2) is 17.6 Å². The molecule has 1 aromatic rings. The number of aliphatic hydroxyl groups excluding tert-OH is 1. The molecule has 108 valence electrons. The zero-order chi connectivity index (χ0) is 14.6. The number of rotatable bonds is 6. The van der Waals surface area contributed by atoms with Gasteiger partial charge in [0, 0.05) is 12.1 Å². The summed E-state index contributed by atoms with van der Waals surface area (Å²) >= 11 is 0. The van der Waals surface area contributed by atoms with E-state index in [1.54, 1.807) is 0 Å². The molecule has 0 amide bonds. The Morgan fingerprint density at radius 1 is 1.21 bits per heavy atom. The average Bonchev–Trinajstić information content (AvgIpc) is 2.31. The standard InChI is InChI=1S/C11H11F6NO/c12-6-1-2-8(13)7(3-6)9(19)4-18-5-11(16,17)10(14)15/h1-3,9-10,18-19H,4-5H2. The van der Waals surface area contributed by atoms with Crippen molar-refractivity contribution >= 4 is 0 Å². The smallest absolute Gasteiger partial charge is 0.319 e. The van der Waals surface area contributed by atoms with Crippen LogP contribution in [0.2, 0.25) is 0 Å². The van der Waals surface area contributed by atoms with Gasteiger partial charge in [0.05, 0.1) is 12.6 Å². The van der Waals surface area contributed by atoms with Gasteiger partial charge in [0.25, 0.3) is 0 Å². The molecule has 8 heteroatoms. The molecular formula is C11H11F6NO. The predicted molar refractivity (Wildman–Crippen MR) is 55.1 cm³/mol. The maximum absolute atomic E-state index is 13.2. The molecule has 0 fully saturated rings. The maximum Gasteiger partial charge on any atom is 0.319 e. The van der Waals surface area contributed by atoms with Crippen LogP contribution < -0.4 is 5.32 Å². The van der Waals surface area contributed by atoms with Crippen LogP contribution in [0.5, 0.6) is 0 Å². The first kappa shape index (κ1) is 15.8. The summed E-state index contributed by atoms with van der Waals surface area (Å²) in [5.74, 6) is -5.98. The molecule has 0 spiro atoms. The van der Waals surface area contributed by atoms with Crippen LogP contribution in [0.25, 0.3) is 0 Å². The summed E-state index contributed by atoms with van der Waals surface area (Å²) in [6.45, 7) is -1.98. The fourth-order valence-electron chi connectivity index (χ4n) is 1.33. The Hall–Kier alpha value is -1.28. The van der Waals surface area contributed by atoms with Crippen LogP contribution in [-0.2, 0) is 0 Å². The van der Waals surface area contributed by atoms with Crippen LogP contribution in [0.15, 0.2) is 18.2 Å². The Bertz CT molecular complexity index is 426. The molecule has 0 saturated carbocycles. The molecule has 0 bridgehead atoms. The number of hydrogen-bond donors (Lipinski definition) is 2. The van der Waals surface area contributed by atoms with E-state index in [4.69, 9.17) is 0 Å². The minimum atomic E-state index is -4.25. The van der Waals surface area contributed by atoms with Crippen molar-refractivity contribution in [2.24, 2.45) is 0 Å². The highest BCUT2D eigenvalue weighted by Crippen LogP contribution is 2.22. The summed E-state index contributed by atoms with van der Waals surface area (Å²) in [4.78, 5) is 0. The van der Waals surface area contributed by atoms with Gasteiger partial charge in [-0.15, -0.1) is 0 Å². The van der Waals surface area contributed by atoms with Crippen molar-refractivity contribution in [2.75, 3.05) is 13.1 Å². The van der Waals surface area contributed by atoms with Crippen molar-refractivity contribution in [3.8, 4) is 0 Å². The van der Waals surface area contributed by atoms with E-state index in [9.17, 15) is 31.4 Å². The van der Waals surface area contributed by atoms with Gasteiger partial charge >= 0.3 is 12.3 Å². The van der Waals surface area contributed by atoms with Gasteiger partial charge < -0.3 is 10.4 Å². The number of benzene rings is 1. The van der Waals surface area contributed by atoms with Crippen molar-refractivity contribution in [3.63, 3.8) is 0 Å². The highest BCUT2D eigenvalue weighted by Gasteiger charge is 2.40. The van der Waals surface area contributed by atoms with Crippen molar-refractivity contribution in [1.29, 1.82) is 0 Å². The van der Waals surface area contributed by atoms with Crippen LogP contribution in [0.3, 0.4) is 0 Å². The molecule has 0 aliphatic rings. The predicted octanol–water partition coefficient (Wildman–Crippen LogP) is 2.49. The van der Waals surface area contributed by atoms with E-state index in [-0.39, 0.29) is 0 Å². The first-order valence-corrected chi connectivity index (χ1v) is 5.23. The highest BCUT2D eigenvalue weighted by molar-refractivity contribution is 5.21. The Morgan fingerprint density at radius 3 is 2.42 bits per heavy atom. The van der Waals surface area contributed by atoms with E-state index in [1.807, 2.05) is 5.32 Å². The second kappa shape index (κ2) is 6.25. The van der Waals surface area contributed by atoms with Crippen LogP contribution >= 0.6 is 0 Å². The fourth-order valence-corrected chi connectivity index (χ4v) is 1.33. The third kappa shape index (κ3) is 4.39. The summed E-state index contributed by atoms with van der Waals surface area (Å²) < 4.78 is 74.7. The molecule has 1 rings (SSSR count). The maximum atomic E-state index is 13.2. The Kier molecular flexibility index (Phi) is 5.19. The summed E-state index contributed by atoms with van der Waals surface area (Å²) in [6.07, 6.45) is -5.47. The Morgan fingerprint density at radius 2 is 1.84 bits per heavy atom. The highest BCUT2D eigenvalue weighted by atomic mass is 19.3. The zero-order valence-corrected chi connectivity index (χ0v) is 9.52. The van der Waals surface area contributed by atoms with Gasteiger partial charge in [-0.3, -0.25) is 0 Å². The molecule has 0 saturated heterocycles. The number of alkyl halides is 4. The van der Waals surface area contributed by atoms with Crippen LogP contribution in [-0.4, -0.2) is 30.5 Å². The number of halogens is 6. The van der Waals surface area contributed by atoms with Crippen molar-refractivity contribution in [2.45, 2.75) is 18.5 Å². The minimum Gasteiger partial charge on any atom is -0.387 e. The Balaban J connectivity index is 2.56. The van der Waals surface area contributed by atoms with Crippen LogP contribution in [0, 0.1) is 11.6 Å². The number of aliphatic hydroxyl groups is 1. The van der Waals surface area contributed by atoms with Crippen LogP contribution in [0.4, 0.5) is 26.3 Å². The van der Waals surface area contributed by atoms with Gasteiger partial charge in [-0.1, -0.05) is 0 Å². The van der Waals surface area contributed by atoms with Gasteiger partial charge in [0.1, 0.15) is 11.6 Å². The molecule has 0 aliphatic heterocycles. The largest absolute Gasteiger partial charge is 0.387 e. The van der Waals surface area contributed by atoms with Crippen molar-refractivity contribution < 1.29 is 31.4 Å². The van der Waals surface area contributed by atoms with E-state index in [0.29, 0.717) is 6.07 Å². The lowest BCUT2D eigenvalue weighted by molar-refractivity contribution is -0.125. The molecule has 0 heterocycles. The lowest BCUT2D eigenvalue weighted by Crippen LogP contribution is -2.40. The first-order chi connectivity index (χ1) is 8.74. The molecule has 1 atom stereocenters. The van der Waals surface area contributed by atoms with Gasteiger partial charge in [0.15, 0.2) is 0 Å². The molecule has 2 nitrogen and oxygen atoms in total. The molecular weight excluding hydrogens is 276 g/mol. The molecule has 0 radical (unpaired) electrons. The lowest BCUT2D eigenvalue weighted by atomic mass is 10.1. The quantitative estimate of drug-likeness (QED) is 0.788. The molecule has 1 unspecified atom stereocenters. The fraction of sp³-hybridized carbons (Fsp3) is 0.455. The number of nitrogens with one attached hydrogen (secondary N) is 1. The third-order valence-corrected chi connectivity index (χ3v) is 2.33. The summed E-state index contributed by atoms with van der Waals surface area (Å²) in [5, 5.41) is 11.3. The van der Waals surface area contributed by atoms with E-state index in [0.717, 1.165) is 12.1 Å². The molecule has 0 aliphatic carbocycles. The molecule has 1 aromatic carbocycles. The summed E-state index contributed by atoms with van der Waals surface area (Å²) in [5.41, 5.74) is -0.437. The minimum absolute atomic E-state index is 0.437. The van der Waals surface area contributed by atoms with Crippen molar-refractivity contribution in [1.82, 2.24) is 5.32 Å². The van der Waals surface area contributed by atoms with Crippen LogP contribution in [0.1, 0.15) is 11.7 Å². The molecule has 2 N–H and O–H groups in total. The second-order valence-corrected chi connectivity index (χ2v) is 3.87. The van der Waals surface area contributed by atoms with Gasteiger partial charge in [0.2, 0.25) is 0 Å². The topological polar surface area (TPSA) is 32.3 Å². The lowest BCUT2D eigenvalue weighted by Gasteiger charge is -2.18. The van der Waals surface area contributed by atoms with E-state index in [1.165, 1.54) is 0 Å². The van der Waals surface area contributed by atoms with Gasteiger partial charge in [-0.2, -0.15) is 8.78 Å². The third-order valence-electron chi connectivity index (χ3n) is 2.33. The SMILES string of the molecule is OC(CNCC(F)(F)C(F)F)c1cc(F)ccc1F. The first-order valence-electron chi connectivity index (χ1n) is 5.23. The zero-order valence-electron chi connectivity index (χ0n) is 9.52. The van der Waals surface area contributed by atoms with Crippen molar-refractivity contribution in [3.05, 3.63) is 35.4 Å². The summed E-state index contributed by atoms with van der Waals surface area (Å²) in [6, 6.07) is 2.29. The van der Waals surface area contributed by atoms with E-state index >= 15 is 0 Å². The normalized spacial score (nSPS) is 13.9. The van der Waals surface area contributed by atoms with Gasteiger partial charge in [-0.05, 0) is 18.2 Å². The molecule has 0 aromatic heterocycles. The Labute approximate surface area is 105 Å². The molecule has 19 heavy (non-hydrogen) atoms. The van der Waals surface area contributed by atoms with E-state index < -0.39 is 48.7 Å².